The first-order valence-electron chi connectivity index (χ1n) is 7.02. The molecule has 21 heavy (non-hydrogen) atoms. The van der Waals surface area contributed by atoms with Crippen molar-refractivity contribution in [3.05, 3.63) is 64.1 Å². The zero-order valence-electron chi connectivity index (χ0n) is 11.6. The number of rotatable bonds is 3. The maximum atomic E-state index is 13.1. The van der Waals surface area contributed by atoms with Crippen LogP contribution in [0, 0.1) is 5.82 Å². The summed E-state index contributed by atoms with van der Waals surface area (Å²) in [5.74, 6) is -0.190. The van der Waals surface area contributed by atoms with E-state index in [1.807, 2.05) is 18.3 Å². The Hall–Kier alpha value is -1.30. The topological polar surface area (TPSA) is 28.2 Å². The fourth-order valence-corrected chi connectivity index (χ4v) is 3.14. The van der Waals surface area contributed by atoms with Crippen LogP contribution in [0.3, 0.4) is 0 Å². The van der Waals surface area contributed by atoms with E-state index in [1.165, 1.54) is 17.7 Å². The van der Waals surface area contributed by atoms with Crippen LogP contribution >= 0.6 is 15.9 Å². The number of nitrogens with zero attached hydrogens (tertiary/aromatic N) is 2. The van der Waals surface area contributed by atoms with Crippen molar-refractivity contribution in [1.29, 1.82) is 0 Å². The number of hydrogen-bond donors (Lipinski definition) is 1. The molecule has 1 fully saturated rings. The minimum atomic E-state index is -0.190. The number of halogens is 2. The molecule has 1 saturated heterocycles. The van der Waals surface area contributed by atoms with Gasteiger partial charge in [-0.15, -0.1) is 0 Å². The first-order chi connectivity index (χ1) is 10.2. The lowest BCUT2D eigenvalue weighted by Gasteiger charge is -2.36. The number of hydrogen-bond acceptors (Lipinski definition) is 3. The molecule has 0 amide bonds. The van der Waals surface area contributed by atoms with Gasteiger partial charge >= 0.3 is 0 Å². The number of aromatic nitrogens is 1. The normalized spacial score (nSPS) is 19.6. The molecule has 0 aliphatic carbocycles. The Balaban J connectivity index is 1.79. The average molecular weight is 350 g/mol. The molecular weight excluding hydrogens is 333 g/mol. The zero-order valence-corrected chi connectivity index (χ0v) is 13.2. The van der Waals surface area contributed by atoms with Crippen LogP contribution in [0.25, 0.3) is 0 Å². The molecule has 0 bridgehead atoms. The molecule has 3 nitrogen and oxygen atoms in total. The Morgan fingerprint density at radius 3 is 2.86 bits per heavy atom. The van der Waals surface area contributed by atoms with Gasteiger partial charge in [0.05, 0.1) is 0 Å². The molecule has 1 aromatic carbocycles. The van der Waals surface area contributed by atoms with Crippen LogP contribution in [0.5, 0.6) is 0 Å². The van der Waals surface area contributed by atoms with Crippen LogP contribution in [0.15, 0.2) is 47.2 Å². The maximum Gasteiger partial charge on any atom is 0.123 e. The summed E-state index contributed by atoms with van der Waals surface area (Å²) in [7, 11) is 0. The second kappa shape index (κ2) is 6.64. The summed E-state index contributed by atoms with van der Waals surface area (Å²) < 4.78 is 14.1. The van der Waals surface area contributed by atoms with E-state index in [1.54, 1.807) is 6.20 Å². The van der Waals surface area contributed by atoms with Crippen LogP contribution < -0.4 is 5.32 Å². The van der Waals surface area contributed by atoms with Crippen molar-refractivity contribution in [2.75, 3.05) is 19.6 Å². The van der Waals surface area contributed by atoms with Gasteiger partial charge in [-0.05, 0) is 45.3 Å². The van der Waals surface area contributed by atoms with Crippen molar-refractivity contribution in [1.82, 2.24) is 15.2 Å². The summed E-state index contributed by atoms with van der Waals surface area (Å²) in [6.07, 6.45) is 3.69. The molecular formula is C16H17BrFN3. The maximum absolute atomic E-state index is 13.1. The molecule has 1 atom stereocenters. The molecule has 3 rings (SSSR count). The molecule has 0 radical (unpaired) electrons. The van der Waals surface area contributed by atoms with Gasteiger partial charge in [-0.3, -0.25) is 9.88 Å². The smallest absolute Gasteiger partial charge is 0.123 e. The third-order valence-electron chi connectivity index (χ3n) is 3.76. The minimum Gasteiger partial charge on any atom is -0.314 e. The zero-order chi connectivity index (χ0) is 14.7. The second-order valence-corrected chi connectivity index (χ2v) is 6.17. The summed E-state index contributed by atoms with van der Waals surface area (Å²) in [5.41, 5.74) is 2.32. The Morgan fingerprint density at radius 2 is 2.10 bits per heavy atom. The molecule has 1 N–H and O–H groups in total. The van der Waals surface area contributed by atoms with Gasteiger partial charge in [0, 0.05) is 49.1 Å². The SMILES string of the molecule is Fc1ccc([C@H]2CNCCN2Cc2cncc(Br)c2)cc1. The lowest BCUT2D eigenvalue weighted by atomic mass is 10.0. The van der Waals surface area contributed by atoms with Gasteiger partial charge < -0.3 is 5.32 Å². The summed E-state index contributed by atoms with van der Waals surface area (Å²) in [6, 6.07) is 9.17. The Kier molecular flexibility index (Phi) is 4.63. The van der Waals surface area contributed by atoms with E-state index in [9.17, 15) is 4.39 Å². The highest BCUT2D eigenvalue weighted by Gasteiger charge is 2.23. The molecule has 1 aliphatic rings. The van der Waals surface area contributed by atoms with Crippen LogP contribution in [0.1, 0.15) is 17.2 Å². The van der Waals surface area contributed by atoms with E-state index >= 15 is 0 Å². The van der Waals surface area contributed by atoms with E-state index in [0.717, 1.165) is 36.2 Å². The third-order valence-corrected chi connectivity index (χ3v) is 4.19. The lowest BCUT2D eigenvalue weighted by molar-refractivity contribution is 0.153. The molecule has 0 unspecified atom stereocenters. The van der Waals surface area contributed by atoms with E-state index < -0.39 is 0 Å². The fourth-order valence-electron chi connectivity index (χ4n) is 2.73. The van der Waals surface area contributed by atoms with Gasteiger partial charge in [0.15, 0.2) is 0 Å². The van der Waals surface area contributed by atoms with E-state index in [-0.39, 0.29) is 11.9 Å². The Labute approximate surface area is 132 Å². The monoisotopic (exact) mass is 349 g/mol. The molecule has 2 heterocycles. The summed E-state index contributed by atoms with van der Waals surface area (Å²) in [6.45, 7) is 3.66. The molecule has 5 heteroatoms. The molecule has 2 aromatic rings. The van der Waals surface area contributed by atoms with E-state index in [2.05, 4.69) is 37.2 Å². The first-order valence-corrected chi connectivity index (χ1v) is 7.81. The van der Waals surface area contributed by atoms with Crippen LogP contribution in [0.4, 0.5) is 4.39 Å². The van der Waals surface area contributed by atoms with E-state index in [4.69, 9.17) is 0 Å². The Morgan fingerprint density at radius 1 is 1.29 bits per heavy atom. The highest BCUT2D eigenvalue weighted by atomic mass is 79.9. The molecule has 1 aromatic heterocycles. The third kappa shape index (κ3) is 3.67. The van der Waals surface area contributed by atoms with Crippen molar-refractivity contribution in [3.8, 4) is 0 Å². The average Bonchev–Trinajstić information content (AvgIpc) is 2.49. The number of nitrogens with one attached hydrogen (secondary N) is 1. The van der Waals surface area contributed by atoms with Crippen LogP contribution in [-0.2, 0) is 6.54 Å². The van der Waals surface area contributed by atoms with Gasteiger partial charge in [-0.25, -0.2) is 4.39 Å². The molecule has 1 aliphatic heterocycles. The lowest BCUT2D eigenvalue weighted by Crippen LogP contribution is -2.45. The predicted octanol–water partition coefficient (Wildman–Crippen LogP) is 3.13. The van der Waals surface area contributed by atoms with Gasteiger partial charge in [-0.1, -0.05) is 12.1 Å². The molecule has 0 saturated carbocycles. The predicted molar refractivity (Wildman–Crippen MR) is 84.4 cm³/mol. The van der Waals surface area contributed by atoms with Crippen molar-refractivity contribution < 1.29 is 4.39 Å². The van der Waals surface area contributed by atoms with E-state index in [0.29, 0.717) is 0 Å². The number of pyridine rings is 1. The van der Waals surface area contributed by atoms with Crippen molar-refractivity contribution >= 4 is 15.9 Å². The van der Waals surface area contributed by atoms with Crippen LogP contribution in [-0.4, -0.2) is 29.5 Å². The number of piperazine rings is 1. The number of benzene rings is 1. The molecule has 110 valence electrons. The fraction of sp³-hybridized carbons (Fsp3) is 0.312. The highest BCUT2D eigenvalue weighted by molar-refractivity contribution is 9.10. The first kappa shape index (κ1) is 14.6. The van der Waals surface area contributed by atoms with Crippen molar-refractivity contribution in [2.45, 2.75) is 12.6 Å². The second-order valence-electron chi connectivity index (χ2n) is 5.25. The minimum absolute atomic E-state index is 0.190. The van der Waals surface area contributed by atoms with Crippen molar-refractivity contribution in [3.63, 3.8) is 0 Å². The largest absolute Gasteiger partial charge is 0.314 e. The highest BCUT2D eigenvalue weighted by Crippen LogP contribution is 2.24. The van der Waals surface area contributed by atoms with Gasteiger partial charge in [-0.2, -0.15) is 0 Å². The van der Waals surface area contributed by atoms with Gasteiger partial charge in [0.25, 0.3) is 0 Å². The van der Waals surface area contributed by atoms with Crippen molar-refractivity contribution in [2.24, 2.45) is 0 Å². The quantitative estimate of drug-likeness (QED) is 0.922. The molecule has 0 spiro atoms. The summed E-state index contributed by atoms with van der Waals surface area (Å²) in [4.78, 5) is 6.63. The Bertz CT molecular complexity index is 603. The van der Waals surface area contributed by atoms with Gasteiger partial charge in [0.2, 0.25) is 0 Å². The van der Waals surface area contributed by atoms with Gasteiger partial charge in [0.1, 0.15) is 5.82 Å². The summed E-state index contributed by atoms with van der Waals surface area (Å²) in [5, 5.41) is 3.41. The van der Waals surface area contributed by atoms with Crippen LogP contribution in [0.2, 0.25) is 0 Å². The summed E-state index contributed by atoms with van der Waals surface area (Å²) >= 11 is 3.46. The standard InChI is InChI=1S/C16H17BrFN3/c17-14-7-12(8-20-9-14)11-21-6-5-19-10-16(21)13-1-3-15(18)4-2-13/h1-4,7-9,16,19H,5-6,10-11H2/t16-/m1/s1.